The van der Waals surface area contributed by atoms with Crippen LogP contribution in [0.2, 0.25) is 0 Å². The normalized spacial score (nSPS) is 10.3. The number of nitrogens with one attached hydrogen (secondary N) is 1. The van der Waals surface area contributed by atoms with Crippen molar-refractivity contribution < 1.29 is 26.8 Å². The molecule has 1 aromatic carbocycles. The summed E-state index contributed by atoms with van der Waals surface area (Å²) >= 11 is 0. The molecule has 0 atom stereocenters. The van der Waals surface area contributed by atoms with Crippen LogP contribution < -0.4 is 17.3 Å². The van der Waals surface area contributed by atoms with Crippen LogP contribution in [-0.4, -0.2) is 33.2 Å². The van der Waals surface area contributed by atoms with Crippen molar-refractivity contribution in [1.29, 1.82) is 0 Å². The number of carbonyl (C=O) groups is 1. The number of quaternary nitrogens is 1. The van der Waals surface area contributed by atoms with Crippen LogP contribution in [-0.2, 0) is 9.53 Å². The van der Waals surface area contributed by atoms with Gasteiger partial charge in [-0.1, -0.05) is 36.4 Å². The molecule has 0 fully saturated rings. The van der Waals surface area contributed by atoms with Crippen LogP contribution in [0.4, 0.5) is 0 Å². The maximum atomic E-state index is 11.2. The molecule has 17 heavy (non-hydrogen) atoms. The fraction of sp³-hybridized carbons (Fsp3) is 0.308. The summed E-state index contributed by atoms with van der Waals surface area (Å²) in [6.45, 7) is 0.736. The van der Waals surface area contributed by atoms with Crippen LogP contribution in [0.5, 0.6) is 0 Å². The minimum atomic E-state index is -0.169. The van der Waals surface area contributed by atoms with E-state index in [1.54, 1.807) is 0 Å². The third-order valence-corrected chi connectivity index (χ3v) is 1.95. The van der Waals surface area contributed by atoms with E-state index < -0.39 is 0 Å². The second-order valence-electron chi connectivity index (χ2n) is 3.88. The zero-order chi connectivity index (χ0) is 11.8. The van der Waals surface area contributed by atoms with Gasteiger partial charge in [0.25, 0.3) is 0 Å². The summed E-state index contributed by atoms with van der Waals surface area (Å²) in [5.74, 6) is -0.169. The molecule has 0 saturated heterocycles. The van der Waals surface area contributed by atoms with Gasteiger partial charge in [0.05, 0.1) is 14.1 Å². The highest BCUT2D eigenvalue weighted by molar-refractivity contribution is 5.70. The first kappa shape index (κ1) is 15.7. The molecule has 3 nitrogen and oxygen atoms in total. The molecule has 1 N–H and O–H groups in total. The number of likely N-dealkylation sites (N-methyl/N-ethyl adjacent to an activating group) is 1. The minimum Gasteiger partial charge on any atom is -1.00 e. The first-order valence-electron chi connectivity index (χ1n) is 5.34. The van der Waals surface area contributed by atoms with Gasteiger partial charge in [0.2, 0.25) is 0 Å². The number of ether oxygens (including phenoxy) is 1. The molecule has 0 unspecified atom stereocenters. The molecular weight excluding hydrogens is 238 g/mol. The molecule has 0 saturated carbocycles. The number of esters is 1. The predicted octanol–water partition coefficient (Wildman–Crippen LogP) is -2.61. The molecule has 0 heterocycles. The maximum Gasteiger partial charge on any atom is 0.362 e. The molecule has 0 aliphatic carbocycles. The molecule has 0 aliphatic heterocycles. The van der Waals surface area contributed by atoms with Crippen molar-refractivity contribution in [1.82, 2.24) is 0 Å². The van der Waals surface area contributed by atoms with Crippen LogP contribution >= 0.6 is 0 Å². The van der Waals surface area contributed by atoms with Crippen LogP contribution in [0.3, 0.4) is 0 Å². The van der Waals surface area contributed by atoms with Gasteiger partial charge in [-0.2, -0.15) is 0 Å². The lowest BCUT2D eigenvalue weighted by Crippen LogP contribution is -3.06. The predicted molar refractivity (Wildman–Crippen MR) is 64.1 cm³/mol. The van der Waals surface area contributed by atoms with Crippen molar-refractivity contribution in [2.24, 2.45) is 0 Å². The highest BCUT2D eigenvalue weighted by atomic mass is 35.5. The summed E-state index contributed by atoms with van der Waals surface area (Å²) in [4.78, 5) is 12.3. The molecule has 94 valence electrons. The van der Waals surface area contributed by atoms with Gasteiger partial charge in [-0.05, 0) is 11.6 Å². The lowest BCUT2D eigenvalue weighted by Gasteiger charge is -2.05. The zero-order valence-electron chi connectivity index (χ0n) is 10.2. The van der Waals surface area contributed by atoms with E-state index in [1.165, 1.54) is 0 Å². The monoisotopic (exact) mass is 255 g/mol. The average molecular weight is 256 g/mol. The Bertz CT molecular complexity index is 350. The van der Waals surface area contributed by atoms with E-state index in [1.807, 2.05) is 56.6 Å². The summed E-state index contributed by atoms with van der Waals surface area (Å²) in [6.07, 6.45) is 3.79. The summed E-state index contributed by atoms with van der Waals surface area (Å²) in [6, 6.07) is 9.92. The number of hydrogen-bond donors (Lipinski definition) is 1. The Labute approximate surface area is 108 Å². The SMILES string of the molecule is C[NH+](C)CC(=O)OCC=Cc1ccccc1.[Cl-]. The third-order valence-electron chi connectivity index (χ3n) is 1.95. The van der Waals surface area contributed by atoms with Gasteiger partial charge in [0.15, 0.2) is 6.54 Å². The molecule has 1 aromatic rings. The van der Waals surface area contributed by atoms with E-state index in [9.17, 15) is 4.79 Å². The topological polar surface area (TPSA) is 30.7 Å². The highest BCUT2D eigenvalue weighted by Gasteiger charge is 2.05. The zero-order valence-corrected chi connectivity index (χ0v) is 10.9. The van der Waals surface area contributed by atoms with Crippen LogP contribution in [0.25, 0.3) is 6.08 Å². The second-order valence-corrected chi connectivity index (χ2v) is 3.88. The van der Waals surface area contributed by atoms with Gasteiger partial charge < -0.3 is 22.0 Å². The molecular formula is C13H18ClNO2. The molecule has 0 amide bonds. The minimum absolute atomic E-state index is 0. The molecule has 0 spiro atoms. The van der Waals surface area contributed by atoms with Gasteiger partial charge in [-0.15, -0.1) is 0 Å². The Morgan fingerprint density at radius 3 is 2.53 bits per heavy atom. The summed E-state index contributed by atoms with van der Waals surface area (Å²) < 4.78 is 5.03. The molecule has 0 bridgehead atoms. The van der Waals surface area contributed by atoms with E-state index in [2.05, 4.69) is 0 Å². The largest absolute Gasteiger partial charge is 1.00 e. The molecule has 0 aromatic heterocycles. The van der Waals surface area contributed by atoms with Crippen LogP contribution in [0, 0.1) is 0 Å². The van der Waals surface area contributed by atoms with Gasteiger partial charge in [0.1, 0.15) is 6.61 Å². The van der Waals surface area contributed by atoms with Crippen molar-refractivity contribution in [3.63, 3.8) is 0 Å². The van der Waals surface area contributed by atoms with Crippen molar-refractivity contribution in [2.45, 2.75) is 0 Å². The van der Waals surface area contributed by atoms with Gasteiger partial charge in [-0.25, -0.2) is 4.79 Å². The number of rotatable bonds is 5. The lowest BCUT2D eigenvalue weighted by molar-refractivity contribution is -0.850. The maximum absolute atomic E-state index is 11.2. The highest BCUT2D eigenvalue weighted by Crippen LogP contribution is 2.00. The van der Waals surface area contributed by atoms with Crippen LogP contribution in [0.15, 0.2) is 36.4 Å². The second kappa shape index (κ2) is 8.79. The Kier molecular flexibility index (Phi) is 8.11. The Morgan fingerprint density at radius 2 is 1.94 bits per heavy atom. The quantitative estimate of drug-likeness (QED) is 0.585. The third kappa shape index (κ3) is 7.55. The standard InChI is InChI=1S/C13H17NO2.ClH/c1-14(2)11-13(15)16-10-6-9-12-7-4-3-5-8-12;/h3-9H,10-11H2,1-2H3;1H. The first-order chi connectivity index (χ1) is 7.68. The molecule has 1 rings (SSSR count). The van der Waals surface area contributed by atoms with E-state index in [4.69, 9.17) is 4.74 Å². The molecule has 4 heteroatoms. The number of carbonyl (C=O) groups excluding carboxylic acids is 1. The number of halogens is 1. The van der Waals surface area contributed by atoms with Gasteiger partial charge >= 0.3 is 5.97 Å². The van der Waals surface area contributed by atoms with Gasteiger partial charge in [0, 0.05) is 0 Å². The van der Waals surface area contributed by atoms with Crippen molar-refractivity contribution in [3.8, 4) is 0 Å². The average Bonchev–Trinajstić information content (AvgIpc) is 2.25. The Morgan fingerprint density at radius 1 is 1.29 bits per heavy atom. The van der Waals surface area contributed by atoms with Crippen molar-refractivity contribution in [2.75, 3.05) is 27.2 Å². The smallest absolute Gasteiger partial charge is 0.362 e. The van der Waals surface area contributed by atoms with E-state index in [0.717, 1.165) is 10.5 Å². The summed E-state index contributed by atoms with van der Waals surface area (Å²) in [5, 5.41) is 0. The van der Waals surface area contributed by atoms with Crippen molar-refractivity contribution >= 4 is 12.0 Å². The lowest BCUT2D eigenvalue weighted by atomic mass is 10.2. The fourth-order valence-electron chi connectivity index (χ4n) is 1.23. The van der Waals surface area contributed by atoms with Crippen LogP contribution in [0.1, 0.15) is 5.56 Å². The molecule has 0 aliphatic rings. The van der Waals surface area contributed by atoms with E-state index >= 15 is 0 Å². The summed E-state index contributed by atoms with van der Waals surface area (Å²) in [5.41, 5.74) is 1.11. The first-order valence-corrected chi connectivity index (χ1v) is 5.34. The Hall–Kier alpha value is -1.32. The fourth-order valence-corrected chi connectivity index (χ4v) is 1.23. The van der Waals surface area contributed by atoms with E-state index in [0.29, 0.717) is 13.2 Å². The Balaban J connectivity index is 0.00000256. The van der Waals surface area contributed by atoms with E-state index in [-0.39, 0.29) is 18.4 Å². The number of hydrogen-bond acceptors (Lipinski definition) is 2. The van der Waals surface area contributed by atoms with Crippen molar-refractivity contribution in [3.05, 3.63) is 42.0 Å². The van der Waals surface area contributed by atoms with Gasteiger partial charge in [-0.3, -0.25) is 0 Å². The summed E-state index contributed by atoms with van der Waals surface area (Å²) in [7, 11) is 3.84. The number of benzene rings is 1. The molecule has 0 radical (unpaired) electrons.